The lowest BCUT2D eigenvalue weighted by molar-refractivity contribution is -0.151. The summed E-state index contributed by atoms with van der Waals surface area (Å²) in [6, 6.07) is -0.0138. The second-order valence-electron chi connectivity index (χ2n) is 5.22. The van der Waals surface area contributed by atoms with Crippen LogP contribution in [0.15, 0.2) is 0 Å². The molecule has 0 saturated carbocycles. The molecule has 2 aliphatic heterocycles. The lowest BCUT2D eigenvalue weighted by Gasteiger charge is -2.34. The number of hydrogen-bond donors (Lipinski definition) is 0. The molecule has 0 aromatic heterocycles. The van der Waals surface area contributed by atoms with E-state index in [9.17, 15) is 4.79 Å². The number of likely N-dealkylation sites (tertiary alicyclic amines) is 1. The fourth-order valence-corrected chi connectivity index (χ4v) is 2.95. The van der Waals surface area contributed by atoms with E-state index < -0.39 is 0 Å². The van der Waals surface area contributed by atoms with Crippen LogP contribution in [0.5, 0.6) is 0 Å². The van der Waals surface area contributed by atoms with Crippen LogP contribution in [0.3, 0.4) is 0 Å². The van der Waals surface area contributed by atoms with Gasteiger partial charge in [0.1, 0.15) is 6.04 Å². The van der Waals surface area contributed by atoms with E-state index in [2.05, 4.69) is 4.90 Å². The monoisotopic (exact) mass is 255 g/mol. The number of nitrogens with zero attached hydrogens (tertiary/aromatic N) is 1. The predicted octanol–water partition coefficient (Wildman–Crippen LogP) is 1.97. The second-order valence-corrected chi connectivity index (χ2v) is 5.22. The topological polar surface area (TPSA) is 38.8 Å². The van der Waals surface area contributed by atoms with Crippen molar-refractivity contribution in [2.75, 3.05) is 26.3 Å². The summed E-state index contributed by atoms with van der Waals surface area (Å²) in [5.74, 6) is -0.0375. The van der Waals surface area contributed by atoms with Crippen molar-refractivity contribution >= 4 is 5.97 Å². The Kier molecular flexibility index (Phi) is 5.45. The Morgan fingerprint density at radius 2 is 2.22 bits per heavy atom. The average molecular weight is 255 g/mol. The van der Waals surface area contributed by atoms with Crippen molar-refractivity contribution in [1.29, 1.82) is 0 Å². The van der Waals surface area contributed by atoms with Crippen LogP contribution in [0.1, 0.15) is 45.4 Å². The molecule has 4 nitrogen and oxygen atoms in total. The van der Waals surface area contributed by atoms with Gasteiger partial charge >= 0.3 is 5.97 Å². The summed E-state index contributed by atoms with van der Waals surface area (Å²) in [5.41, 5.74) is 0. The fourth-order valence-electron chi connectivity index (χ4n) is 2.95. The summed E-state index contributed by atoms with van der Waals surface area (Å²) < 4.78 is 10.8. The van der Waals surface area contributed by atoms with Gasteiger partial charge in [-0.2, -0.15) is 0 Å². The lowest BCUT2D eigenvalue weighted by Crippen LogP contribution is -2.46. The Balaban J connectivity index is 1.80. The molecule has 104 valence electrons. The first-order chi connectivity index (χ1) is 8.81. The first-order valence-electron chi connectivity index (χ1n) is 7.33. The summed E-state index contributed by atoms with van der Waals surface area (Å²) in [7, 11) is 0. The van der Waals surface area contributed by atoms with Crippen molar-refractivity contribution in [2.45, 2.75) is 57.6 Å². The molecule has 0 bridgehead atoms. The summed E-state index contributed by atoms with van der Waals surface area (Å²) in [6.45, 7) is 5.25. The fraction of sp³-hybridized carbons (Fsp3) is 0.929. The minimum Gasteiger partial charge on any atom is -0.465 e. The van der Waals surface area contributed by atoms with Crippen molar-refractivity contribution in [3.8, 4) is 0 Å². The van der Waals surface area contributed by atoms with Crippen molar-refractivity contribution in [3.63, 3.8) is 0 Å². The van der Waals surface area contributed by atoms with Crippen molar-refractivity contribution in [1.82, 2.24) is 4.90 Å². The number of carbonyl (C=O) groups excluding carboxylic acids is 1. The third-order valence-electron chi connectivity index (χ3n) is 3.93. The van der Waals surface area contributed by atoms with E-state index in [-0.39, 0.29) is 12.0 Å². The minimum atomic E-state index is -0.0375. The first-order valence-corrected chi connectivity index (χ1v) is 7.33. The van der Waals surface area contributed by atoms with E-state index in [1.54, 1.807) is 0 Å². The summed E-state index contributed by atoms with van der Waals surface area (Å²) in [6.07, 6.45) is 7.11. The minimum absolute atomic E-state index is 0.0138. The molecule has 2 heterocycles. The number of hydrogen-bond acceptors (Lipinski definition) is 4. The van der Waals surface area contributed by atoms with Gasteiger partial charge in [0.25, 0.3) is 0 Å². The number of rotatable bonds is 5. The van der Waals surface area contributed by atoms with Crippen molar-refractivity contribution in [2.24, 2.45) is 0 Å². The van der Waals surface area contributed by atoms with Gasteiger partial charge in [0, 0.05) is 13.2 Å². The zero-order chi connectivity index (χ0) is 12.8. The van der Waals surface area contributed by atoms with Crippen LogP contribution in [0.4, 0.5) is 0 Å². The Bertz CT molecular complexity index is 264. The van der Waals surface area contributed by atoms with Gasteiger partial charge < -0.3 is 9.47 Å². The Morgan fingerprint density at radius 1 is 1.33 bits per heavy atom. The highest BCUT2D eigenvalue weighted by molar-refractivity contribution is 5.75. The van der Waals surface area contributed by atoms with E-state index in [0.29, 0.717) is 12.7 Å². The maximum absolute atomic E-state index is 11.9. The van der Waals surface area contributed by atoms with Crippen LogP contribution in [-0.2, 0) is 14.3 Å². The van der Waals surface area contributed by atoms with Crippen LogP contribution < -0.4 is 0 Å². The molecule has 2 aliphatic rings. The van der Waals surface area contributed by atoms with Crippen molar-refractivity contribution < 1.29 is 14.3 Å². The molecule has 2 atom stereocenters. The third kappa shape index (κ3) is 3.69. The zero-order valence-electron chi connectivity index (χ0n) is 11.4. The smallest absolute Gasteiger partial charge is 0.323 e. The molecule has 0 aromatic carbocycles. The maximum Gasteiger partial charge on any atom is 0.323 e. The van der Waals surface area contributed by atoms with Gasteiger partial charge in [0.05, 0.1) is 12.7 Å². The molecule has 2 fully saturated rings. The van der Waals surface area contributed by atoms with Crippen LogP contribution >= 0.6 is 0 Å². The molecule has 0 amide bonds. The highest BCUT2D eigenvalue weighted by Crippen LogP contribution is 2.21. The third-order valence-corrected chi connectivity index (χ3v) is 3.93. The zero-order valence-corrected chi connectivity index (χ0v) is 11.4. The SMILES string of the molecule is CCOC(=O)C1CCCCN1CCC1CCCO1. The number of carbonyl (C=O) groups is 1. The molecule has 0 radical (unpaired) electrons. The first kappa shape index (κ1) is 13.8. The average Bonchev–Trinajstić information content (AvgIpc) is 2.90. The van der Waals surface area contributed by atoms with E-state index in [0.717, 1.165) is 39.0 Å². The Morgan fingerprint density at radius 3 is 2.94 bits per heavy atom. The summed E-state index contributed by atoms with van der Waals surface area (Å²) >= 11 is 0. The van der Waals surface area contributed by atoms with Gasteiger partial charge in [-0.3, -0.25) is 9.69 Å². The molecule has 0 spiro atoms. The molecule has 0 aromatic rings. The van der Waals surface area contributed by atoms with Gasteiger partial charge in [-0.1, -0.05) is 6.42 Å². The highest BCUT2D eigenvalue weighted by atomic mass is 16.5. The van der Waals surface area contributed by atoms with Gasteiger partial charge in [-0.25, -0.2) is 0 Å². The highest BCUT2D eigenvalue weighted by Gasteiger charge is 2.30. The van der Waals surface area contributed by atoms with Gasteiger partial charge in [-0.05, 0) is 45.6 Å². The van der Waals surface area contributed by atoms with E-state index in [1.807, 2.05) is 6.92 Å². The van der Waals surface area contributed by atoms with Gasteiger partial charge in [0.2, 0.25) is 0 Å². The molecule has 2 unspecified atom stereocenters. The van der Waals surface area contributed by atoms with Gasteiger partial charge in [0.15, 0.2) is 0 Å². The molecule has 4 heteroatoms. The summed E-state index contributed by atoms with van der Waals surface area (Å²) in [5, 5.41) is 0. The predicted molar refractivity (Wildman–Crippen MR) is 69.4 cm³/mol. The standard InChI is InChI=1S/C14H25NO3/c1-2-17-14(16)13-7-3-4-9-15(13)10-8-12-6-5-11-18-12/h12-13H,2-11H2,1H3. The van der Waals surface area contributed by atoms with Gasteiger partial charge in [-0.15, -0.1) is 0 Å². The largest absolute Gasteiger partial charge is 0.465 e. The van der Waals surface area contributed by atoms with Crippen LogP contribution in [0, 0.1) is 0 Å². The van der Waals surface area contributed by atoms with Crippen LogP contribution in [0.25, 0.3) is 0 Å². The lowest BCUT2D eigenvalue weighted by atomic mass is 10.0. The van der Waals surface area contributed by atoms with Crippen molar-refractivity contribution in [3.05, 3.63) is 0 Å². The molecule has 18 heavy (non-hydrogen) atoms. The molecule has 2 rings (SSSR count). The molecule has 0 N–H and O–H groups in total. The second kappa shape index (κ2) is 7.10. The number of piperidine rings is 1. The van der Waals surface area contributed by atoms with Crippen LogP contribution in [0.2, 0.25) is 0 Å². The Labute approximate surface area is 110 Å². The number of ether oxygens (including phenoxy) is 2. The molecule has 0 aliphatic carbocycles. The summed E-state index contributed by atoms with van der Waals surface area (Å²) in [4.78, 5) is 14.2. The van der Waals surface area contributed by atoms with E-state index in [1.165, 1.54) is 19.3 Å². The van der Waals surface area contributed by atoms with E-state index >= 15 is 0 Å². The Hall–Kier alpha value is -0.610. The van der Waals surface area contributed by atoms with Crippen LogP contribution in [-0.4, -0.2) is 49.3 Å². The molecular formula is C14H25NO3. The normalized spacial score (nSPS) is 29.4. The maximum atomic E-state index is 11.9. The quantitative estimate of drug-likeness (QED) is 0.704. The van der Waals surface area contributed by atoms with E-state index in [4.69, 9.17) is 9.47 Å². The molecular weight excluding hydrogens is 230 g/mol. The molecule has 2 saturated heterocycles. The number of esters is 1.